The number of benzene rings is 6. The van der Waals surface area contributed by atoms with Gasteiger partial charge >= 0.3 is 0 Å². The largest absolute Gasteiger partial charge is 0.507 e. The number of pyridine rings is 1. The van der Waals surface area contributed by atoms with E-state index in [2.05, 4.69) is 0 Å². The van der Waals surface area contributed by atoms with E-state index < -0.39 is 79.8 Å². The maximum absolute atomic E-state index is 12.4. The summed E-state index contributed by atoms with van der Waals surface area (Å²) in [5.74, 6) is -1.94. The highest BCUT2D eigenvalue weighted by molar-refractivity contribution is 5.97. The van der Waals surface area contributed by atoms with Crippen molar-refractivity contribution < 1.29 is 29.8 Å². The summed E-state index contributed by atoms with van der Waals surface area (Å²) in [4.78, 5) is 10.1. The van der Waals surface area contributed by atoms with Crippen LogP contribution in [0.4, 0.5) is 0 Å². The quantitative estimate of drug-likeness (QED) is 0.149. The number of hydrogen-bond acceptors (Lipinski definition) is 3. The Bertz CT molecular complexity index is 3820. The Morgan fingerprint density at radius 2 is 1.28 bits per heavy atom. The van der Waals surface area contributed by atoms with E-state index in [1.54, 1.807) is 44.4 Å². The summed E-state index contributed by atoms with van der Waals surface area (Å²) in [6.07, 6.45) is 1.39. The number of nitrogens with zero attached hydrogens (tertiary/aromatic N) is 3. The number of phenols is 1. The zero-order valence-corrected chi connectivity index (χ0v) is 40.3. The average molecular weight is 904 g/mol. The number of fused-ring (bicyclic) bond motifs is 1. The number of para-hydroxylation sites is 1. The number of rotatable bonds is 10. The van der Waals surface area contributed by atoms with E-state index in [1.165, 1.54) is 18.3 Å². The van der Waals surface area contributed by atoms with Crippen molar-refractivity contribution in [1.29, 1.82) is 0 Å². The number of hydrogen-bond donors (Lipinski definition) is 1. The minimum atomic E-state index is -3.84. The van der Waals surface area contributed by atoms with E-state index in [0.717, 1.165) is 11.1 Å². The first-order chi connectivity index (χ1) is 38.8. The second kappa shape index (κ2) is 18.1. The lowest BCUT2D eigenvalue weighted by atomic mass is 9.83. The van der Waals surface area contributed by atoms with E-state index >= 15 is 0 Å². The molecule has 8 rings (SSSR count). The molecule has 0 aliphatic carbocycles. The third-order valence-electron chi connectivity index (χ3n) is 12.5. The van der Waals surface area contributed by atoms with Crippen LogP contribution in [0, 0.1) is 6.85 Å². The molecule has 0 atom stereocenters. The molecule has 2 heterocycles. The Balaban J connectivity index is 1.41. The molecule has 0 amide bonds. The van der Waals surface area contributed by atoms with Crippen LogP contribution in [-0.2, 0) is 10.8 Å². The lowest BCUT2D eigenvalue weighted by molar-refractivity contribution is 0.466. The first kappa shape index (κ1) is 29.5. The van der Waals surface area contributed by atoms with Crippen LogP contribution in [-0.4, -0.2) is 19.6 Å². The molecule has 0 aliphatic heterocycles. The molecule has 4 nitrogen and oxygen atoms in total. The van der Waals surface area contributed by atoms with Gasteiger partial charge in [-0.15, -0.1) is 0 Å². The monoisotopic (exact) mass is 904 g/mol. The van der Waals surface area contributed by atoms with Gasteiger partial charge in [-0.3, -0.25) is 9.55 Å². The summed E-state index contributed by atoms with van der Waals surface area (Å²) in [5, 5.41) is 12.4. The molecule has 0 unspecified atom stereocenters. The van der Waals surface area contributed by atoms with Gasteiger partial charge in [0, 0.05) is 36.5 Å². The molecule has 67 heavy (non-hydrogen) atoms. The Morgan fingerprint density at radius 1 is 0.597 bits per heavy atom. The van der Waals surface area contributed by atoms with Gasteiger partial charge in [0.1, 0.15) is 11.6 Å². The summed E-state index contributed by atoms with van der Waals surface area (Å²) in [5.41, 5.74) is 2.71. The number of imidazole rings is 1. The lowest BCUT2D eigenvalue weighted by Gasteiger charge is -2.22. The summed E-state index contributed by atoms with van der Waals surface area (Å²) in [7, 11) is 0. The van der Waals surface area contributed by atoms with Crippen molar-refractivity contribution in [3.8, 4) is 67.5 Å². The predicted octanol–water partition coefficient (Wildman–Crippen LogP) is 17.9. The second-order valence-corrected chi connectivity index (χ2v) is 19.8. The summed E-state index contributed by atoms with van der Waals surface area (Å²) in [6, 6.07) is 24.9. The van der Waals surface area contributed by atoms with Crippen LogP contribution in [0.25, 0.3) is 72.7 Å². The third-order valence-corrected chi connectivity index (χ3v) is 12.5. The Kier molecular flexibility index (Phi) is 7.96. The van der Waals surface area contributed by atoms with Gasteiger partial charge in [-0.2, -0.15) is 0 Å². The fourth-order valence-corrected chi connectivity index (χ4v) is 8.42. The Hall–Kier alpha value is -6.26. The normalized spacial score (nSPS) is 17.4. The van der Waals surface area contributed by atoms with Crippen molar-refractivity contribution in [3.05, 3.63) is 166 Å². The molecule has 0 fully saturated rings. The molecular formula is C63H71N3O. The van der Waals surface area contributed by atoms with Gasteiger partial charge in [-0.25, -0.2) is 4.98 Å². The van der Waals surface area contributed by atoms with Gasteiger partial charge in [-0.1, -0.05) is 169 Å². The fraction of sp³-hybridized carbons (Fsp3) is 0.333. The summed E-state index contributed by atoms with van der Waals surface area (Å²) in [6.45, 7) is 6.93. The van der Waals surface area contributed by atoms with Crippen LogP contribution in [0.3, 0.4) is 0 Å². The summed E-state index contributed by atoms with van der Waals surface area (Å²) >= 11 is 0. The van der Waals surface area contributed by atoms with Gasteiger partial charge in [0.15, 0.2) is 0 Å². The van der Waals surface area contributed by atoms with E-state index in [4.69, 9.17) is 34.6 Å². The standard InChI is InChI=1S/C63H71N3O/c1-37(2)45-28-46(38(3)4)30-48(29-45)43-21-24-57(41(9)27-43)66-58-18-16-17-53(59(58)65-61(66)55-35-47(39(5)6)34-54(40(7)8)60(55)67)49-31-50(33-52(32-49)63(13,14)15)56-36-44(25-26-64-56)42-19-22-51(23-20-42)62(10,11)12/h16-40,67H,1-15H3/i9D3,10D3,11D3,12D3,19D,20D,22D,23D,37D,38D. The van der Waals surface area contributed by atoms with Gasteiger partial charge in [0.2, 0.25) is 0 Å². The van der Waals surface area contributed by atoms with Crippen molar-refractivity contribution in [2.75, 3.05) is 0 Å². The maximum atomic E-state index is 12.4. The number of aryl methyl sites for hydroxylation is 1. The number of aromatic nitrogens is 3. The van der Waals surface area contributed by atoms with Crippen LogP contribution in [0.5, 0.6) is 5.75 Å². The topological polar surface area (TPSA) is 50.9 Å². The second-order valence-electron chi connectivity index (χ2n) is 19.8. The molecule has 0 aliphatic rings. The van der Waals surface area contributed by atoms with Crippen molar-refractivity contribution in [2.45, 2.75) is 138 Å². The SMILES string of the molecule is [2H]c1c([2H])c(C(C([2H])([2H])[2H])(C([2H])([2H])[2H])C([2H])([2H])[2H])c([2H])c([2H])c1-c1ccnc(-c2cc(-c3cccc4c3nc(-c3cc(C(C)C)cc(C(C)C)c3O)n4-c3ccc(-c4cc(C([2H])(C)C)cc(C([2H])(C)C)c4)cc3C([2H])([2H])[2H])cc(C(C)(C)C)c2)c1. The summed E-state index contributed by atoms with van der Waals surface area (Å²) < 4.78 is 158. The van der Waals surface area contributed by atoms with Crippen molar-refractivity contribution in [2.24, 2.45) is 0 Å². The smallest absolute Gasteiger partial charge is 0.149 e. The highest BCUT2D eigenvalue weighted by Crippen LogP contribution is 2.44. The van der Waals surface area contributed by atoms with Crippen molar-refractivity contribution in [1.82, 2.24) is 14.5 Å². The Morgan fingerprint density at radius 3 is 1.91 bits per heavy atom. The minimum absolute atomic E-state index is 0.0164. The van der Waals surface area contributed by atoms with E-state index in [0.29, 0.717) is 66.8 Å². The van der Waals surface area contributed by atoms with Crippen LogP contribution < -0.4 is 0 Å². The molecule has 6 aromatic carbocycles. The number of aromatic hydroxyl groups is 1. The Labute approximate surface area is 426 Å². The molecule has 1 N–H and O–H groups in total. The van der Waals surface area contributed by atoms with Gasteiger partial charge in [0.25, 0.3) is 0 Å². The van der Waals surface area contributed by atoms with Crippen LogP contribution in [0.1, 0.15) is 184 Å². The molecule has 344 valence electrons. The molecule has 0 saturated heterocycles. The minimum Gasteiger partial charge on any atom is -0.507 e. The van der Waals surface area contributed by atoms with Gasteiger partial charge in [-0.05, 0) is 157 Å². The highest BCUT2D eigenvalue weighted by Gasteiger charge is 2.26. The van der Waals surface area contributed by atoms with E-state index in [-0.39, 0.29) is 45.8 Å². The first-order valence-corrected chi connectivity index (χ1v) is 22.8. The fourth-order valence-electron chi connectivity index (χ4n) is 8.42. The molecule has 0 saturated carbocycles. The van der Waals surface area contributed by atoms with Crippen LogP contribution in [0.2, 0.25) is 0 Å². The van der Waals surface area contributed by atoms with Crippen molar-refractivity contribution >= 4 is 11.0 Å². The molecule has 0 spiro atoms. The lowest BCUT2D eigenvalue weighted by Crippen LogP contribution is -2.11. The molecule has 4 heteroatoms. The van der Waals surface area contributed by atoms with Crippen LogP contribution in [0.15, 0.2) is 127 Å². The zero-order chi connectivity index (χ0) is 63.6. The predicted molar refractivity (Wildman–Crippen MR) is 286 cm³/mol. The average Bonchev–Trinajstić information content (AvgIpc) is 0.937. The highest BCUT2D eigenvalue weighted by atomic mass is 16.3. The maximum Gasteiger partial charge on any atom is 0.149 e. The molecular weight excluding hydrogens is 815 g/mol. The molecule has 8 aromatic rings. The first-order valence-electron chi connectivity index (χ1n) is 31.8. The molecule has 2 aromatic heterocycles. The van der Waals surface area contributed by atoms with Crippen LogP contribution >= 0.6 is 0 Å². The van der Waals surface area contributed by atoms with Crippen molar-refractivity contribution in [3.63, 3.8) is 0 Å². The molecule has 0 radical (unpaired) electrons. The van der Waals surface area contributed by atoms with Gasteiger partial charge < -0.3 is 5.11 Å². The molecule has 0 bridgehead atoms. The van der Waals surface area contributed by atoms with Gasteiger partial charge in [0.05, 0.1) is 33.5 Å². The third kappa shape index (κ3) is 9.51. The van der Waals surface area contributed by atoms with E-state index in [1.807, 2.05) is 121 Å². The number of phenolic OH excluding ortho intramolecular Hbond substituents is 1. The van der Waals surface area contributed by atoms with E-state index in [9.17, 15) is 5.11 Å². The zero-order valence-electron chi connectivity index (χ0n) is 58.3.